The van der Waals surface area contributed by atoms with Crippen molar-refractivity contribution in [2.24, 2.45) is 0 Å². The van der Waals surface area contributed by atoms with E-state index in [0.717, 1.165) is 28.6 Å². The van der Waals surface area contributed by atoms with E-state index in [9.17, 15) is 14.7 Å². The van der Waals surface area contributed by atoms with Crippen LogP contribution >= 0.6 is 0 Å². The number of carboxylic acids is 1. The quantitative estimate of drug-likeness (QED) is 0.407. The number of rotatable bonds is 8. The van der Waals surface area contributed by atoms with Gasteiger partial charge in [0.05, 0.1) is 17.6 Å². The number of nitrogens with zero attached hydrogens (tertiary/aromatic N) is 1. The molecule has 0 radical (unpaired) electrons. The van der Waals surface area contributed by atoms with Crippen LogP contribution in [0.4, 0.5) is 0 Å². The minimum Gasteiger partial charge on any atom is -0.478 e. The molecule has 0 aliphatic carbocycles. The maximum absolute atomic E-state index is 12.5. The van der Waals surface area contributed by atoms with Gasteiger partial charge in [-0.25, -0.2) is 9.59 Å². The smallest absolute Gasteiger partial charge is 0.349 e. The van der Waals surface area contributed by atoms with Crippen molar-refractivity contribution in [1.29, 1.82) is 0 Å². The molecule has 1 aromatic heterocycles. The van der Waals surface area contributed by atoms with Gasteiger partial charge in [-0.15, -0.1) is 0 Å². The average molecular weight is 460 g/mol. The van der Waals surface area contributed by atoms with Crippen LogP contribution < -0.4 is 19.9 Å². The van der Waals surface area contributed by atoms with Crippen molar-refractivity contribution in [2.75, 3.05) is 6.79 Å². The molecule has 34 heavy (non-hydrogen) atoms. The predicted octanol–water partition coefficient (Wildman–Crippen LogP) is 4.26. The zero-order valence-corrected chi connectivity index (χ0v) is 18.6. The number of hydrogen-bond acceptors (Lipinski definition) is 5. The molecule has 4 aromatic rings. The number of aromatic nitrogens is 2. The van der Waals surface area contributed by atoms with Gasteiger partial charge in [-0.3, -0.25) is 4.57 Å². The molecule has 174 valence electrons. The molecule has 1 aliphatic rings. The first-order chi connectivity index (χ1) is 16.5. The summed E-state index contributed by atoms with van der Waals surface area (Å²) in [5.41, 5.74) is 3.73. The van der Waals surface area contributed by atoms with Gasteiger partial charge in [0.15, 0.2) is 11.5 Å². The van der Waals surface area contributed by atoms with Gasteiger partial charge < -0.3 is 24.3 Å². The van der Waals surface area contributed by atoms with Crippen molar-refractivity contribution in [3.63, 3.8) is 0 Å². The van der Waals surface area contributed by atoms with Crippen molar-refractivity contribution < 1.29 is 24.1 Å². The fourth-order valence-electron chi connectivity index (χ4n) is 4.22. The molecule has 0 bridgehead atoms. The van der Waals surface area contributed by atoms with Crippen molar-refractivity contribution in [3.05, 3.63) is 87.8 Å². The first-order valence-electron chi connectivity index (χ1n) is 11.1. The molecule has 3 aromatic carbocycles. The van der Waals surface area contributed by atoms with Crippen molar-refractivity contribution in [3.8, 4) is 17.2 Å². The molecule has 8 nitrogen and oxygen atoms in total. The number of fused-ring (bicyclic) bond motifs is 2. The van der Waals surface area contributed by atoms with E-state index in [1.165, 1.54) is 0 Å². The van der Waals surface area contributed by atoms with Crippen molar-refractivity contribution in [2.45, 2.75) is 32.4 Å². The second-order valence-corrected chi connectivity index (χ2v) is 8.17. The van der Waals surface area contributed by atoms with Crippen molar-refractivity contribution in [1.82, 2.24) is 9.55 Å². The number of para-hydroxylation sites is 2. The van der Waals surface area contributed by atoms with Crippen LogP contribution in [0, 0.1) is 0 Å². The molecule has 1 atom stereocenters. The van der Waals surface area contributed by atoms with Crippen LogP contribution in [-0.2, 0) is 17.8 Å². The Hall–Kier alpha value is -4.20. The molecule has 0 amide bonds. The fraction of sp³-hybridized carbons (Fsp3) is 0.231. The fourth-order valence-corrected chi connectivity index (χ4v) is 4.22. The van der Waals surface area contributed by atoms with Gasteiger partial charge in [-0.1, -0.05) is 43.7 Å². The van der Waals surface area contributed by atoms with Crippen LogP contribution in [0.3, 0.4) is 0 Å². The molecular weight excluding hydrogens is 436 g/mol. The second-order valence-electron chi connectivity index (χ2n) is 8.17. The number of benzene rings is 3. The first kappa shape index (κ1) is 21.6. The Morgan fingerprint density at radius 2 is 1.94 bits per heavy atom. The second kappa shape index (κ2) is 8.97. The Morgan fingerprint density at radius 3 is 2.76 bits per heavy atom. The third kappa shape index (κ3) is 4.10. The molecule has 1 aliphatic heterocycles. The Bertz CT molecular complexity index is 1420. The number of ether oxygens (including phenoxy) is 3. The van der Waals surface area contributed by atoms with E-state index < -0.39 is 12.1 Å². The Labute approximate surface area is 195 Å². The summed E-state index contributed by atoms with van der Waals surface area (Å²) in [6.45, 7) is 2.55. The van der Waals surface area contributed by atoms with E-state index >= 15 is 0 Å². The highest BCUT2D eigenvalue weighted by molar-refractivity contribution is 5.76. The minimum atomic E-state index is -1.20. The van der Waals surface area contributed by atoms with Gasteiger partial charge in [-0.05, 0) is 47.9 Å². The van der Waals surface area contributed by atoms with Gasteiger partial charge >= 0.3 is 11.7 Å². The van der Waals surface area contributed by atoms with Gasteiger partial charge in [0.25, 0.3) is 0 Å². The summed E-state index contributed by atoms with van der Waals surface area (Å²) >= 11 is 0. The number of H-pyrrole nitrogens is 1. The third-order valence-electron chi connectivity index (χ3n) is 5.84. The zero-order valence-electron chi connectivity index (χ0n) is 18.6. The maximum atomic E-state index is 12.5. The number of aryl methyl sites for hydroxylation is 1. The summed E-state index contributed by atoms with van der Waals surface area (Å²) in [6.07, 6.45) is 0.362. The van der Waals surface area contributed by atoms with E-state index in [1.807, 2.05) is 43.3 Å². The topological polar surface area (TPSA) is 103 Å². The van der Waals surface area contributed by atoms with Crippen LogP contribution in [0.25, 0.3) is 11.0 Å². The molecule has 8 heteroatoms. The molecule has 2 heterocycles. The lowest BCUT2D eigenvalue weighted by molar-refractivity contribution is -0.145. The molecular formula is C26H24N2O6. The molecule has 0 spiro atoms. The summed E-state index contributed by atoms with van der Waals surface area (Å²) in [5.74, 6) is 0.481. The van der Waals surface area contributed by atoms with E-state index in [4.69, 9.17) is 14.2 Å². The average Bonchev–Trinajstić information content (AvgIpc) is 3.42. The largest absolute Gasteiger partial charge is 0.478 e. The highest BCUT2D eigenvalue weighted by atomic mass is 16.7. The first-order valence-corrected chi connectivity index (χ1v) is 11.1. The molecule has 0 saturated heterocycles. The molecule has 0 fully saturated rings. The Morgan fingerprint density at radius 1 is 1.12 bits per heavy atom. The molecule has 2 N–H and O–H groups in total. The minimum absolute atomic E-state index is 0.110. The predicted molar refractivity (Wildman–Crippen MR) is 126 cm³/mol. The summed E-state index contributed by atoms with van der Waals surface area (Å²) in [7, 11) is 0. The van der Waals surface area contributed by atoms with Crippen LogP contribution in [0.15, 0.2) is 65.5 Å². The highest BCUT2D eigenvalue weighted by Gasteiger charge is 2.26. The van der Waals surface area contributed by atoms with E-state index in [1.54, 1.807) is 28.8 Å². The lowest BCUT2D eigenvalue weighted by Gasteiger charge is -2.19. The monoisotopic (exact) mass is 460 g/mol. The zero-order chi connectivity index (χ0) is 23.7. The molecule has 5 rings (SSSR count). The summed E-state index contributed by atoms with van der Waals surface area (Å²) in [4.78, 5) is 27.4. The Balaban J connectivity index is 1.45. The summed E-state index contributed by atoms with van der Waals surface area (Å²) < 4.78 is 18.4. The number of imidazole rings is 1. The van der Waals surface area contributed by atoms with Crippen LogP contribution in [0.5, 0.6) is 17.2 Å². The number of hydrogen-bond donors (Lipinski definition) is 2. The number of aromatic amines is 1. The number of carboxylic acid groups (broad SMARTS) is 1. The van der Waals surface area contributed by atoms with Gasteiger partial charge in [-0.2, -0.15) is 0 Å². The standard InChI is InChI=1S/C26H24N2O6/c1-2-5-17-12-16(14-28-20-7-4-3-6-19(20)27-26(28)31)8-10-21(17)34-24(25(29)30)18-9-11-22-23(13-18)33-15-32-22/h3-4,6-13,24H,2,5,14-15H2,1H3,(H,27,31)(H,29,30). The SMILES string of the molecule is CCCc1cc(Cn2c(=O)[nH]c3ccccc32)ccc1OC(C(=O)O)c1ccc2c(c1)OCO2. The summed E-state index contributed by atoms with van der Waals surface area (Å²) in [6, 6.07) is 18.2. The van der Waals surface area contributed by atoms with E-state index in [0.29, 0.717) is 35.8 Å². The lowest BCUT2D eigenvalue weighted by atomic mass is 10.0. The lowest BCUT2D eigenvalue weighted by Crippen LogP contribution is -2.19. The normalized spacial score (nSPS) is 13.2. The van der Waals surface area contributed by atoms with E-state index in [-0.39, 0.29) is 12.5 Å². The van der Waals surface area contributed by atoms with Gasteiger partial charge in [0, 0.05) is 5.56 Å². The maximum Gasteiger partial charge on any atom is 0.349 e. The number of aliphatic carboxylic acids is 1. The van der Waals surface area contributed by atoms with Crippen LogP contribution in [0.2, 0.25) is 0 Å². The van der Waals surface area contributed by atoms with E-state index in [2.05, 4.69) is 4.98 Å². The third-order valence-corrected chi connectivity index (χ3v) is 5.84. The molecule has 0 saturated carbocycles. The van der Waals surface area contributed by atoms with Gasteiger partial charge in [0.1, 0.15) is 5.75 Å². The van der Waals surface area contributed by atoms with Gasteiger partial charge in [0.2, 0.25) is 12.9 Å². The number of nitrogens with one attached hydrogen (secondary N) is 1. The van der Waals surface area contributed by atoms with Crippen LogP contribution in [0.1, 0.15) is 36.1 Å². The van der Waals surface area contributed by atoms with Crippen LogP contribution in [-0.4, -0.2) is 27.4 Å². The summed E-state index contributed by atoms with van der Waals surface area (Å²) in [5, 5.41) is 9.88. The Kier molecular flexibility index (Phi) is 5.71. The van der Waals surface area contributed by atoms with Crippen molar-refractivity contribution >= 4 is 17.0 Å². The molecule has 1 unspecified atom stereocenters. The number of carbonyl (C=O) groups is 1. The highest BCUT2D eigenvalue weighted by Crippen LogP contribution is 2.36.